The van der Waals surface area contributed by atoms with Gasteiger partial charge in [0.2, 0.25) is 0 Å². The summed E-state index contributed by atoms with van der Waals surface area (Å²) in [5, 5.41) is 11.7. The molecule has 0 radical (unpaired) electrons. The van der Waals surface area contributed by atoms with Crippen LogP contribution < -0.4 is 5.32 Å². The zero-order valence-corrected chi connectivity index (χ0v) is 9.38. The van der Waals surface area contributed by atoms with Crippen LogP contribution in [0, 0.1) is 5.92 Å². The third-order valence-corrected chi connectivity index (χ3v) is 2.13. The van der Waals surface area contributed by atoms with Crippen LogP contribution in [0.25, 0.3) is 0 Å². The Kier molecular flexibility index (Phi) is 8.64. The summed E-state index contributed by atoms with van der Waals surface area (Å²) in [5.74, 6) is 0.0913. The third-order valence-electron chi connectivity index (χ3n) is 2.13. The van der Waals surface area contributed by atoms with Crippen molar-refractivity contribution in [3.63, 3.8) is 0 Å². The van der Waals surface area contributed by atoms with Gasteiger partial charge in [-0.15, -0.1) is 0 Å². The molecule has 84 valence electrons. The number of carboxylic acid groups (broad SMARTS) is 1. The molecule has 0 atom stereocenters. The Bertz CT molecular complexity index is 146. The van der Waals surface area contributed by atoms with Crippen LogP contribution in [0.4, 0.5) is 0 Å². The van der Waals surface area contributed by atoms with Gasteiger partial charge in [0.1, 0.15) is 0 Å². The number of carboxylic acids is 1. The number of hydrogen-bond acceptors (Lipinski definition) is 2. The molecule has 0 fully saturated rings. The molecule has 0 saturated heterocycles. The van der Waals surface area contributed by atoms with Crippen LogP contribution in [0.1, 0.15) is 46.0 Å². The monoisotopic (exact) mass is 201 g/mol. The van der Waals surface area contributed by atoms with Crippen LogP contribution in [-0.4, -0.2) is 24.2 Å². The van der Waals surface area contributed by atoms with E-state index in [1.165, 1.54) is 12.8 Å². The van der Waals surface area contributed by atoms with Crippen LogP contribution in [0.5, 0.6) is 0 Å². The Hall–Kier alpha value is -0.570. The summed E-state index contributed by atoms with van der Waals surface area (Å²) in [6, 6.07) is 0. The van der Waals surface area contributed by atoms with Crippen LogP contribution in [-0.2, 0) is 4.79 Å². The van der Waals surface area contributed by atoms with Crippen molar-refractivity contribution in [1.82, 2.24) is 5.32 Å². The summed E-state index contributed by atoms with van der Waals surface area (Å²) in [7, 11) is 0. The Labute approximate surface area is 86.9 Å². The minimum absolute atomic E-state index is 0.299. The zero-order valence-electron chi connectivity index (χ0n) is 9.38. The van der Waals surface area contributed by atoms with Crippen LogP contribution in [0.3, 0.4) is 0 Å². The van der Waals surface area contributed by atoms with Crippen molar-refractivity contribution in [3.05, 3.63) is 0 Å². The molecule has 0 heterocycles. The van der Waals surface area contributed by atoms with Crippen molar-refractivity contribution in [3.8, 4) is 0 Å². The fourth-order valence-electron chi connectivity index (χ4n) is 1.29. The SMILES string of the molecule is CC(C)CCCNCCCCC(=O)O. The summed E-state index contributed by atoms with van der Waals surface area (Å²) in [6.07, 6.45) is 4.53. The summed E-state index contributed by atoms with van der Waals surface area (Å²) in [6.45, 7) is 6.47. The molecule has 3 nitrogen and oxygen atoms in total. The second kappa shape index (κ2) is 9.00. The Morgan fingerprint density at radius 2 is 1.86 bits per heavy atom. The number of nitrogens with one attached hydrogen (secondary N) is 1. The normalized spacial score (nSPS) is 10.8. The molecule has 0 aliphatic rings. The molecule has 0 aromatic heterocycles. The van der Waals surface area contributed by atoms with Gasteiger partial charge >= 0.3 is 5.97 Å². The van der Waals surface area contributed by atoms with Crippen molar-refractivity contribution in [2.75, 3.05) is 13.1 Å². The molecule has 0 spiro atoms. The van der Waals surface area contributed by atoms with Gasteiger partial charge in [-0.2, -0.15) is 0 Å². The van der Waals surface area contributed by atoms with Crippen molar-refractivity contribution in [2.24, 2.45) is 5.92 Å². The van der Waals surface area contributed by atoms with E-state index in [9.17, 15) is 4.79 Å². The van der Waals surface area contributed by atoms with Crippen molar-refractivity contribution in [2.45, 2.75) is 46.0 Å². The first-order valence-electron chi connectivity index (χ1n) is 5.55. The van der Waals surface area contributed by atoms with E-state index in [2.05, 4.69) is 19.2 Å². The minimum atomic E-state index is -0.690. The fourth-order valence-corrected chi connectivity index (χ4v) is 1.29. The molecule has 2 N–H and O–H groups in total. The summed E-state index contributed by atoms with van der Waals surface area (Å²) in [5.41, 5.74) is 0. The second-order valence-electron chi connectivity index (χ2n) is 4.14. The molecule has 0 aromatic carbocycles. The minimum Gasteiger partial charge on any atom is -0.481 e. The second-order valence-corrected chi connectivity index (χ2v) is 4.14. The maximum absolute atomic E-state index is 10.2. The molecule has 0 amide bonds. The van der Waals surface area contributed by atoms with Crippen molar-refractivity contribution < 1.29 is 9.90 Å². The van der Waals surface area contributed by atoms with Gasteiger partial charge in [0.25, 0.3) is 0 Å². The highest BCUT2D eigenvalue weighted by Gasteiger charge is 1.96. The summed E-state index contributed by atoms with van der Waals surface area (Å²) < 4.78 is 0. The van der Waals surface area contributed by atoms with E-state index < -0.39 is 5.97 Å². The van der Waals surface area contributed by atoms with E-state index in [0.717, 1.165) is 31.8 Å². The Morgan fingerprint density at radius 3 is 2.43 bits per heavy atom. The van der Waals surface area contributed by atoms with Gasteiger partial charge in [0.15, 0.2) is 0 Å². The van der Waals surface area contributed by atoms with Gasteiger partial charge in [-0.25, -0.2) is 0 Å². The Balaban J connectivity index is 2.96. The van der Waals surface area contributed by atoms with Gasteiger partial charge in [-0.05, 0) is 44.7 Å². The highest BCUT2D eigenvalue weighted by molar-refractivity contribution is 5.66. The van der Waals surface area contributed by atoms with E-state index >= 15 is 0 Å². The number of carbonyl (C=O) groups is 1. The fraction of sp³-hybridized carbons (Fsp3) is 0.909. The first-order chi connectivity index (χ1) is 6.63. The lowest BCUT2D eigenvalue weighted by atomic mass is 10.1. The third kappa shape index (κ3) is 11.4. The smallest absolute Gasteiger partial charge is 0.303 e. The molecule has 0 unspecified atom stereocenters. The molecule has 0 aliphatic heterocycles. The van der Waals surface area contributed by atoms with E-state index in [1.54, 1.807) is 0 Å². The predicted molar refractivity (Wildman–Crippen MR) is 58.4 cm³/mol. The van der Waals surface area contributed by atoms with Gasteiger partial charge in [-0.3, -0.25) is 4.79 Å². The van der Waals surface area contributed by atoms with E-state index in [0.29, 0.717) is 6.42 Å². The van der Waals surface area contributed by atoms with E-state index in [-0.39, 0.29) is 0 Å². The molecular weight excluding hydrogens is 178 g/mol. The van der Waals surface area contributed by atoms with Crippen LogP contribution in [0.2, 0.25) is 0 Å². The Morgan fingerprint density at radius 1 is 1.21 bits per heavy atom. The summed E-state index contributed by atoms with van der Waals surface area (Å²) in [4.78, 5) is 10.2. The standard InChI is InChI=1S/C11H23NO2/c1-10(2)6-5-9-12-8-4-3-7-11(13)14/h10,12H,3-9H2,1-2H3,(H,13,14). The van der Waals surface area contributed by atoms with Crippen LogP contribution in [0.15, 0.2) is 0 Å². The predicted octanol–water partition coefficient (Wildman–Crippen LogP) is 2.27. The highest BCUT2D eigenvalue weighted by Crippen LogP contribution is 2.01. The van der Waals surface area contributed by atoms with Gasteiger partial charge in [0, 0.05) is 6.42 Å². The average molecular weight is 201 g/mol. The maximum atomic E-state index is 10.2. The average Bonchev–Trinajstić information content (AvgIpc) is 2.08. The highest BCUT2D eigenvalue weighted by atomic mass is 16.4. The van der Waals surface area contributed by atoms with E-state index in [4.69, 9.17) is 5.11 Å². The summed E-state index contributed by atoms with van der Waals surface area (Å²) >= 11 is 0. The molecule has 0 aromatic rings. The maximum Gasteiger partial charge on any atom is 0.303 e. The molecular formula is C11H23NO2. The van der Waals surface area contributed by atoms with Gasteiger partial charge < -0.3 is 10.4 Å². The largest absolute Gasteiger partial charge is 0.481 e. The van der Waals surface area contributed by atoms with Crippen LogP contribution >= 0.6 is 0 Å². The zero-order chi connectivity index (χ0) is 10.8. The molecule has 0 saturated carbocycles. The molecule has 0 aliphatic carbocycles. The molecule has 0 rings (SSSR count). The van der Waals surface area contributed by atoms with Crippen molar-refractivity contribution >= 4 is 5.97 Å². The van der Waals surface area contributed by atoms with Crippen molar-refractivity contribution in [1.29, 1.82) is 0 Å². The molecule has 0 bridgehead atoms. The first kappa shape index (κ1) is 13.4. The topological polar surface area (TPSA) is 49.3 Å². The lowest BCUT2D eigenvalue weighted by molar-refractivity contribution is -0.137. The molecule has 3 heteroatoms. The first-order valence-corrected chi connectivity index (χ1v) is 5.55. The number of rotatable bonds is 9. The quantitative estimate of drug-likeness (QED) is 0.563. The number of hydrogen-bond donors (Lipinski definition) is 2. The van der Waals surface area contributed by atoms with Gasteiger partial charge in [-0.1, -0.05) is 13.8 Å². The molecule has 14 heavy (non-hydrogen) atoms. The lowest BCUT2D eigenvalue weighted by Gasteiger charge is -2.05. The van der Waals surface area contributed by atoms with E-state index in [1.807, 2.05) is 0 Å². The number of aliphatic carboxylic acids is 1. The number of unbranched alkanes of at least 4 members (excludes halogenated alkanes) is 1. The lowest BCUT2D eigenvalue weighted by Crippen LogP contribution is -2.17. The van der Waals surface area contributed by atoms with Gasteiger partial charge in [0.05, 0.1) is 0 Å².